The molecule has 1 amide bonds. The van der Waals surface area contributed by atoms with Crippen LogP contribution in [0.4, 0.5) is 13.2 Å². The summed E-state index contributed by atoms with van der Waals surface area (Å²) in [7, 11) is 0. The Morgan fingerprint density at radius 3 is 2.97 bits per heavy atom. The third-order valence-corrected chi connectivity index (χ3v) is 4.82. The zero-order valence-corrected chi connectivity index (χ0v) is 15.2. The summed E-state index contributed by atoms with van der Waals surface area (Å²) < 4.78 is 50.1. The molecule has 0 fully saturated rings. The van der Waals surface area contributed by atoms with Crippen molar-refractivity contribution in [1.82, 2.24) is 15.1 Å². The average molecular weight is 406 g/mol. The number of nitriles is 1. The quantitative estimate of drug-likeness (QED) is 0.847. The van der Waals surface area contributed by atoms with Crippen LogP contribution in [0.25, 0.3) is 0 Å². The van der Waals surface area contributed by atoms with E-state index in [9.17, 15) is 18.0 Å². The number of halogens is 3. The van der Waals surface area contributed by atoms with Crippen LogP contribution in [0.15, 0.2) is 24.3 Å². The van der Waals surface area contributed by atoms with Gasteiger partial charge in [-0.15, -0.1) is 0 Å². The molecule has 1 N–H and O–H groups in total. The van der Waals surface area contributed by atoms with Crippen LogP contribution in [-0.4, -0.2) is 40.6 Å². The lowest BCUT2D eigenvalue weighted by Crippen LogP contribution is -2.42. The van der Waals surface area contributed by atoms with Crippen molar-refractivity contribution in [2.75, 3.05) is 6.61 Å². The molecule has 0 saturated carbocycles. The molecule has 1 aromatic heterocycles. The van der Waals surface area contributed by atoms with Crippen molar-refractivity contribution < 1.29 is 27.4 Å². The molecule has 1 aromatic carbocycles. The molecule has 2 aromatic rings. The van der Waals surface area contributed by atoms with E-state index in [0.717, 1.165) is 5.56 Å². The van der Waals surface area contributed by atoms with Crippen LogP contribution >= 0.6 is 0 Å². The first-order chi connectivity index (χ1) is 13.8. The SMILES string of the molecule is N#Cc1ccc2c(c1)C[C@@H](NC(=O)c1cc3n(n1)CCC(CC(F)(F)F)O3)CO2. The fourth-order valence-corrected chi connectivity index (χ4v) is 3.48. The van der Waals surface area contributed by atoms with Gasteiger partial charge in [-0.05, 0) is 30.2 Å². The molecule has 2 aliphatic rings. The zero-order chi connectivity index (χ0) is 20.6. The molecule has 0 saturated heterocycles. The van der Waals surface area contributed by atoms with Gasteiger partial charge in [0.1, 0.15) is 18.5 Å². The maximum Gasteiger partial charge on any atom is 0.392 e. The van der Waals surface area contributed by atoms with Crippen LogP contribution in [0, 0.1) is 11.3 Å². The Bertz CT molecular complexity index is 980. The first kappa shape index (κ1) is 19.1. The van der Waals surface area contributed by atoms with E-state index in [1.807, 2.05) is 0 Å². The first-order valence-corrected chi connectivity index (χ1v) is 9.08. The highest BCUT2D eigenvalue weighted by Gasteiger charge is 2.35. The number of carbonyl (C=O) groups excluding carboxylic acids is 1. The molecule has 2 atom stereocenters. The van der Waals surface area contributed by atoms with Gasteiger partial charge in [-0.2, -0.15) is 23.5 Å². The maximum atomic E-state index is 12.6. The van der Waals surface area contributed by atoms with Crippen molar-refractivity contribution in [1.29, 1.82) is 5.26 Å². The summed E-state index contributed by atoms with van der Waals surface area (Å²) in [6.45, 7) is 0.516. The van der Waals surface area contributed by atoms with Crippen molar-refractivity contribution in [2.45, 2.75) is 44.1 Å². The second-order valence-electron chi connectivity index (χ2n) is 7.06. The molecule has 3 heterocycles. The summed E-state index contributed by atoms with van der Waals surface area (Å²) in [5, 5.41) is 16.0. The molecule has 10 heteroatoms. The van der Waals surface area contributed by atoms with E-state index in [-0.39, 0.29) is 37.2 Å². The molecule has 4 rings (SSSR count). The summed E-state index contributed by atoms with van der Waals surface area (Å²) in [4.78, 5) is 12.5. The number of nitrogens with zero attached hydrogens (tertiary/aromatic N) is 3. The topological polar surface area (TPSA) is 89.2 Å². The van der Waals surface area contributed by atoms with Gasteiger partial charge >= 0.3 is 6.18 Å². The van der Waals surface area contributed by atoms with E-state index in [4.69, 9.17) is 14.7 Å². The third kappa shape index (κ3) is 4.29. The second-order valence-corrected chi connectivity index (χ2v) is 7.06. The number of aryl methyl sites for hydroxylation is 1. The monoisotopic (exact) mass is 406 g/mol. The molecule has 7 nitrogen and oxygen atoms in total. The molecule has 1 unspecified atom stereocenters. The standard InChI is InChI=1S/C19H17F3N4O3/c20-19(21,22)8-14-3-4-26-17(29-14)7-15(25-26)18(27)24-13-6-12-5-11(9-23)1-2-16(12)28-10-13/h1-2,5,7,13-14H,3-4,6,8,10H2,(H,24,27)/t13-,14?/m1/s1. The predicted octanol–water partition coefficient (Wildman–Crippen LogP) is 2.59. The van der Waals surface area contributed by atoms with Crippen LogP contribution in [0.1, 0.15) is 34.5 Å². The van der Waals surface area contributed by atoms with Gasteiger partial charge in [0.2, 0.25) is 5.88 Å². The van der Waals surface area contributed by atoms with Gasteiger partial charge in [-0.3, -0.25) is 4.79 Å². The maximum absolute atomic E-state index is 12.6. The Kier molecular flexibility index (Phi) is 4.82. The van der Waals surface area contributed by atoms with Crippen LogP contribution in [0.3, 0.4) is 0 Å². The highest BCUT2D eigenvalue weighted by Crippen LogP contribution is 2.30. The average Bonchev–Trinajstić information content (AvgIpc) is 3.09. The molecular weight excluding hydrogens is 389 g/mol. The minimum Gasteiger partial charge on any atom is -0.491 e. The van der Waals surface area contributed by atoms with Crippen LogP contribution < -0.4 is 14.8 Å². The van der Waals surface area contributed by atoms with Crippen molar-refractivity contribution in [3.05, 3.63) is 41.1 Å². The normalized spacial score (nSPS) is 20.5. The minimum atomic E-state index is -4.31. The van der Waals surface area contributed by atoms with E-state index < -0.39 is 24.6 Å². The fraction of sp³-hybridized carbons (Fsp3) is 0.421. The molecule has 0 aliphatic carbocycles. The van der Waals surface area contributed by atoms with E-state index in [1.165, 1.54) is 10.7 Å². The predicted molar refractivity (Wildman–Crippen MR) is 93.5 cm³/mol. The highest BCUT2D eigenvalue weighted by atomic mass is 19.4. The molecule has 0 radical (unpaired) electrons. The first-order valence-electron chi connectivity index (χ1n) is 9.08. The van der Waals surface area contributed by atoms with E-state index in [0.29, 0.717) is 17.7 Å². The highest BCUT2D eigenvalue weighted by molar-refractivity contribution is 5.92. The number of benzene rings is 1. The molecule has 0 spiro atoms. The van der Waals surface area contributed by atoms with Gasteiger partial charge in [0.05, 0.1) is 24.1 Å². The van der Waals surface area contributed by atoms with Gasteiger partial charge in [-0.25, -0.2) is 4.68 Å². The summed E-state index contributed by atoms with van der Waals surface area (Å²) in [5.74, 6) is 0.368. The van der Waals surface area contributed by atoms with Crippen molar-refractivity contribution in [3.8, 4) is 17.7 Å². The number of hydrogen-bond donors (Lipinski definition) is 1. The summed E-state index contributed by atoms with van der Waals surface area (Å²) >= 11 is 0. The van der Waals surface area contributed by atoms with Gasteiger partial charge in [-0.1, -0.05) is 0 Å². The van der Waals surface area contributed by atoms with E-state index in [2.05, 4.69) is 16.5 Å². The number of nitrogens with one attached hydrogen (secondary N) is 1. The van der Waals surface area contributed by atoms with Gasteiger partial charge < -0.3 is 14.8 Å². The van der Waals surface area contributed by atoms with Crippen LogP contribution in [0.5, 0.6) is 11.6 Å². The van der Waals surface area contributed by atoms with Crippen molar-refractivity contribution >= 4 is 5.91 Å². The number of fused-ring (bicyclic) bond motifs is 2. The Balaban J connectivity index is 1.41. The van der Waals surface area contributed by atoms with Crippen molar-refractivity contribution in [3.63, 3.8) is 0 Å². The zero-order valence-electron chi connectivity index (χ0n) is 15.2. The number of alkyl halides is 3. The summed E-state index contributed by atoms with van der Waals surface area (Å²) in [6, 6.07) is 8.21. The third-order valence-electron chi connectivity index (χ3n) is 4.82. The Labute approximate surface area is 164 Å². The molecular formula is C19H17F3N4O3. The lowest BCUT2D eigenvalue weighted by Gasteiger charge is -2.25. The Morgan fingerprint density at radius 2 is 2.21 bits per heavy atom. The lowest BCUT2D eigenvalue weighted by atomic mass is 10.0. The van der Waals surface area contributed by atoms with E-state index >= 15 is 0 Å². The van der Waals surface area contributed by atoms with Crippen LogP contribution in [0.2, 0.25) is 0 Å². The summed E-state index contributed by atoms with van der Waals surface area (Å²) in [5.41, 5.74) is 1.40. The fourth-order valence-electron chi connectivity index (χ4n) is 3.48. The molecule has 152 valence electrons. The van der Waals surface area contributed by atoms with E-state index in [1.54, 1.807) is 18.2 Å². The minimum absolute atomic E-state index is 0.0734. The summed E-state index contributed by atoms with van der Waals surface area (Å²) in [6.07, 6.45) is -5.66. The number of carbonyl (C=O) groups is 1. The van der Waals surface area contributed by atoms with Crippen molar-refractivity contribution in [2.24, 2.45) is 0 Å². The molecule has 0 bridgehead atoms. The number of aromatic nitrogens is 2. The smallest absolute Gasteiger partial charge is 0.392 e. The second kappa shape index (κ2) is 7.31. The van der Waals surface area contributed by atoms with Crippen LogP contribution in [-0.2, 0) is 13.0 Å². The van der Waals surface area contributed by atoms with Gasteiger partial charge in [0.15, 0.2) is 5.69 Å². The number of amides is 1. The Hall–Kier alpha value is -3.22. The van der Waals surface area contributed by atoms with Gasteiger partial charge in [0, 0.05) is 19.0 Å². The molecule has 29 heavy (non-hydrogen) atoms. The number of rotatable bonds is 3. The number of hydrogen-bond acceptors (Lipinski definition) is 5. The number of ether oxygens (including phenoxy) is 2. The lowest BCUT2D eigenvalue weighted by molar-refractivity contribution is -0.153. The molecule has 2 aliphatic heterocycles. The van der Waals surface area contributed by atoms with Gasteiger partial charge in [0.25, 0.3) is 5.91 Å². The largest absolute Gasteiger partial charge is 0.491 e. The Morgan fingerprint density at radius 1 is 1.38 bits per heavy atom.